The molecule has 1 aliphatic rings. The minimum Gasteiger partial charge on any atom is -0.369 e. The molecule has 0 atom stereocenters. The molecule has 31 heavy (non-hydrogen) atoms. The summed E-state index contributed by atoms with van der Waals surface area (Å²) in [5.41, 5.74) is 2.79. The van der Waals surface area contributed by atoms with Crippen LogP contribution in [0.5, 0.6) is 0 Å². The van der Waals surface area contributed by atoms with Crippen molar-refractivity contribution in [3.8, 4) is 0 Å². The summed E-state index contributed by atoms with van der Waals surface area (Å²) >= 11 is 0. The highest BCUT2D eigenvalue weighted by Gasteiger charge is 2.30. The van der Waals surface area contributed by atoms with Crippen molar-refractivity contribution in [2.45, 2.75) is 26.1 Å². The standard InChI is InChI=1S/C22H24F3N5O/c1-2-18-20(21(31)27-14-15-3-5-16(6-4-15)22(23,24)25)30-10-7-17(13-19(30)28-18)29-11-8-26-9-12-29/h3-7,10,13,26H,2,8-9,11-12,14H2,1H3,(H,27,31). The number of pyridine rings is 1. The van der Waals surface area contributed by atoms with Gasteiger partial charge >= 0.3 is 6.18 Å². The van der Waals surface area contributed by atoms with Crippen LogP contribution >= 0.6 is 0 Å². The molecule has 164 valence electrons. The van der Waals surface area contributed by atoms with E-state index in [2.05, 4.69) is 20.5 Å². The van der Waals surface area contributed by atoms with Gasteiger partial charge in [0.25, 0.3) is 5.91 Å². The number of hydrogen-bond donors (Lipinski definition) is 2. The highest BCUT2D eigenvalue weighted by molar-refractivity contribution is 5.94. The first-order valence-electron chi connectivity index (χ1n) is 10.3. The predicted molar refractivity (Wildman–Crippen MR) is 112 cm³/mol. The summed E-state index contributed by atoms with van der Waals surface area (Å²) in [6, 6.07) is 8.75. The van der Waals surface area contributed by atoms with Gasteiger partial charge in [0.2, 0.25) is 0 Å². The number of halogens is 3. The Morgan fingerprint density at radius 1 is 1.16 bits per heavy atom. The van der Waals surface area contributed by atoms with E-state index >= 15 is 0 Å². The van der Waals surface area contributed by atoms with Crippen LogP contribution in [0.15, 0.2) is 42.6 Å². The summed E-state index contributed by atoms with van der Waals surface area (Å²) in [7, 11) is 0. The zero-order chi connectivity index (χ0) is 22.0. The molecule has 1 amide bonds. The van der Waals surface area contributed by atoms with Gasteiger partial charge in [-0.2, -0.15) is 13.2 Å². The summed E-state index contributed by atoms with van der Waals surface area (Å²) in [5, 5.41) is 6.13. The van der Waals surface area contributed by atoms with E-state index in [4.69, 9.17) is 0 Å². The number of fused-ring (bicyclic) bond motifs is 1. The Morgan fingerprint density at radius 3 is 2.52 bits per heavy atom. The van der Waals surface area contributed by atoms with Crippen LogP contribution in [0.4, 0.5) is 18.9 Å². The Bertz CT molecular complexity index is 1070. The average molecular weight is 431 g/mol. The Balaban J connectivity index is 1.52. The van der Waals surface area contributed by atoms with Gasteiger partial charge in [-0.1, -0.05) is 19.1 Å². The maximum atomic E-state index is 12.9. The van der Waals surface area contributed by atoms with Crippen LogP contribution in [0.3, 0.4) is 0 Å². The second kappa shape index (κ2) is 8.58. The van der Waals surface area contributed by atoms with E-state index in [-0.39, 0.29) is 12.5 Å². The second-order valence-corrected chi connectivity index (χ2v) is 7.49. The smallest absolute Gasteiger partial charge is 0.369 e. The normalized spacial score (nSPS) is 14.8. The van der Waals surface area contributed by atoms with Crippen molar-refractivity contribution in [3.05, 3.63) is 65.1 Å². The topological polar surface area (TPSA) is 61.7 Å². The Morgan fingerprint density at radius 2 is 1.87 bits per heavy atom. The van der Waals surface area contributed by atoms with Crippen molar-refractivity contribution in [3.63, 3.8) is 0 Å². The number of aromatic nitrogens is 2. The first-order chi connectivity index (χ1) is 14.9. The average Bonchev–Trinajstić information content (AvgIpc) is 3.15. The molecule has 0 spiro atoms. The van der Waals surface area contributed by atoms with Crippen molar-refractivity contribution in [1.29, 1.82) is 0 Å². The molecule has 0 saturated carbocycles. The minimum absolute atomic E-state index is 0.131. The van der Waals surface area contributed by atoms with Crippen LogP contribution in [-0.2, 0) is 19.1 Å². The molecule has 2 N–H and O–H groups in total. The first-order valence-corrected chi connectivity index (χ1v) is 10.3. The Hall–Kier alpha value is -3.07. The highest BCUT2D eigenvalue weighted by Crippen LogP contribution is 2.29. The lowest BCUT2D eigenvalue weighted by Gasteiger charge is -2.29. The molecule has 1 fully saturated rings. The molecule has 3 aromatic rings. The lowest BCUT2D eigenvalue weighted by Crippen LogP contribution is -2.43. The molecule has 1 aliphatic heterocycles. The summed E-state index contributed by atoms with van der Waals surface area (Å²) in [6.45, 7) is 5.75. The van der Waals surface area contributed by atoms with Crippen LogP contribution in [0, 0.1) is 0 Å². The van der Waals surface area contributed by atoms with Crippen molar-refractivity contribution < 1.29 is 18.0 Å². The third kappa shape index (κ3) is 4.51. The number of carbonyl (C=O) groups is 1. The highest BCUT2D eigenvalue weighted by atomic mass is 19.4. The molecule has 1 saturated heterocycles. The van der Waals surface area contributed by atoms with Crippen molar-refractivity contribution in [2.24, 2.45) is 0 Å². The fraction of sp³-hybridized carbons (Fsp3) is 0.364. The zero-order valence-corrected chi connectivity index (χ0v) is 17.2. The fourth-order valence-electron chi connectivity index (χ4n) is 3.77. The summed E-state index contributed by atoms with van der Waals surface area (Å²) in [4.78, 5) is 19.8. The van der Waals surface area contributed by atoms with Gasteiger partial charge in [0.1, 0.15) is 11.3 Å². The molecule has 0 aliphatic carbocycles. The number of amides is 1. The van der Waals surface area contributed by atoms with E-state index in [0.29, 0.717) is 29.0 Å². The quantitative estimate of drug-likeness (QED) is 0.651. The summed E-state index contributed by atoms with van der Waals surface area (Å²) < 4.78 is 39.9. The molecule has 3 heterocycles. The number of hydrogen-bond acceptors (Lipinski definition) is 4. The summed E-state index contributed by atoms with van der Waals surface area (Å²) in [6.07, 6.45) is -1.93. The van der Waals surface area contributed by atoms with Gasteiger partial charge in [-0.25, -0.2) is 4.98 Å². The van der Waals surface area contributed by atoms with Gasteiger partial charge in [0.15, 0.2) is 0 Å². The Labute approximate surface area is 178 Å². The SMILES string of the molecule is CCc1nc2cc(N3CCNCC3)ccn2c1C(=O)NCc1ccc(C(F)(F)F)cc1. The number of alkyl halides is 3. The number of carbonyl (C=O) groups excluding carboxylic acids is 1. The van der Waals surface area contributed by atoms with E-state index in [0.717, 1.165) is 44.0 Å². The zero-order valence-electron chi connectivity index (χ0n) is 17.2. The minimum atomic E-state index is -4.38. The molecular formula is C22H24F3N5O. The molecule has 4 rings (SSSR count). The number of nitrogens with zero attached hydrogens (tertiary/aromatic N) is 3. The number of aryl methyl sites for hydroxylation is 1. The molecule has 9 heteroatoms. The van der Waals surface area contributed by atoms with Gasteiger partial charge in [-0.05, 0) is 30.2 Å². The molecular weight excluding hydrogens is 407 g/mol. The number of benzene rings is 1. The van der Waals surface area contributed by atoms with Gasteiger partial charge in [-0.15, -0.1) is 0 Å². The second-order valence-electron chi connectivity index (χ2n) is 7.49. The van der Waals surface area contributed by atoms with Crippen LogP contribution in [0.2, 0.25) is 0 Å². The van der Waals surface area contributed by atoms with Crippen LogP contribution < -0.4 is 15.5 Å². The van der Waals surface area contributed by atoms with E-state index in [1.807, 2.05) is 25.3 Å². The fourth-order valence-corrected chi connectivity index (χ4v) is 3.77. The summed E-state index contributed by atoms with van der Waals surface area (Å²) in [5.74, 6) is -0.306. The molecule has 1 aromatic carbocycles. The van der Waals surface area contributed by atoms with Gasteiger partial charge in [-0.3, -0.25) is 9.20 Å². The van der Waals surface area contributed by atoms with Gasteiger partial charge in [0, 0.05) is 50.7 Å². The third-order valence-electron chi connectivity index (χ3n) is 5.45. The lowest BCUT2D eigenvalue weighted by atomic mass is 10.1. The third-order valence-corrected chi connectivity index (χ3v) is 5.45. The van der Waals surface area contributed by atoms with Crippen molar-refractivity contribution in [1.82, 2.24) is 20.0 Å². The molecule has 6 nitrogen and oxygen atoms in total. The van der Waals surface area contributed by atoms with Crippen molar-refractivity contribution >= 4 is 17.2 Å². The number of piperazine rings is 1. The molecule has 0 unspecified atom stereocenters. The largest absolute Gasteiger partial charge is 0.416 e. The van der Waals surface area contributed by atoms with E-state index in [1.165, 1.54) is 12.1 Å². The molecule has 0 radical (unpaired) electrons. The molecule has 2 aromatic heterocycles. The maximum absolute atomic E-state index is 12.9. The van der Waals surface area contributed by atoms with E-state index in [9.17, 15) is 18.0 Å². The molecule has 0 bridgehead atoms. The monoisotopic (exact) mass is 431 g/mol. The first kappa shape index (κ1) is 21.2. The predicted octanol–water partition coefficient (Wildman–Crippen LogP) is 3.26. The number of rotatable bonds is 5. The number of anilines is 1. The van der Waals surface area contributed by atoms with Gasteiger partial charge < -0.3 is 15.5 Å². The maximum Gasteiger partial charge on any atom is 0.416 e. The van der Waals surface area contributed by atoms with Crippen molar-refractivity contribution in [2.75, 3.05) is 31.1 Å². The Kier molecular flexibility index (Phi) is 5.86. The lowest BCUT2D eigenvalue weighted by molar-refractivity contribution is -0.137. The van der Waals surface area contributed by atoms with Crippen LogP contribution in [-0.4, -0.2) is 41.5 Å². The number of nitrogens with one attached hydrogen (secondary N) is 2. The van der Waals surface area contributed by atoms with E-state index in [1.54, 1.807) is 4.40 Å². The van der Waals surface area contributed by atoms with Gasteiger partial charge in [0.05, 0.1) is 11.3 Å². The van der Waals surface area contributed by atoms with Crippen LogP contribution in [0.25, 0.3) is 5.65 Å². The van der Waals surface area contributed by atoms with E-state index < -0.39 is 11.7 Å². The van der Waals surface area contributed by atoms with Crippen LogP contribution in [0.1, 0.15) is 34.2 Å². The number of imidazole rings is 1.